The highest BCUT2D eigenvalue weighted by Gasteiger charge is 2.14. The summed E-state index contributed by atoms with van der Waals surface area (Å²) in [5, 5.41) is 7.03. The fourth-order valence-electron chi connectivity index (χ4n) is 2.17. The summed E-state index contributed by atoms with van der Waals surface area (Å²) in [6, 6.07) is 4.62. The highest BCUT2D eigenvalue weighted by Crippen LogP contribution is 2.12. The van der Waals surface area contributed by atoms with Crippen LogP contribution in [0, 0.1) is 5.92 Å². The molecule has 3 heteroatoms. The number of rotatable bonds is 4. The molecule has 0 aliphatic carbocycles. The van der Waals surface area contributed by atoms with Crippen molar-refractivity contribution in [2.24, 2.45) is 5.92 Å². The van der Waals surface area contributed by atoms with E-state index in [1.807, 2.05) is 6.20 Å². The van der Waals surface area contributed by atoms with Crippen LogP contribution < -0.4 is 10.6 Å². The molecular weight excluding hydrogens is 186 g/mol. The second-order valence-electron chi connectivity index (χ2n) is 4.47. The normalized spacial score (nSPS) is 23.9. The Kier molecular flexibility index (Phi) is 3.80. The summed E-state index contributed by atoms with van der Waals surface area (Å²) in [6.45, 7) is 5.70. The van der Waals surface area contributed by atoms with E-state index in [4.69, 9.17) is 0 Å². The molecule has 2 atom stereocenters. The number of aromatic amines is 1. The van der Waals surface area contributed by atoms with Crippen LogP contribution >= 0.6 is 0 Å². The molecule has 1 fully saturated rings. The van der Waals surface area contributed by atoms with Gasteiger partial charge in [-0.3, -0.25) is 0 Å². The van der Waals surface area contributed by atoms with Gasteiger partial charge in [-0.15, -0.1) is 0 Å². The Bertz CT molecular complexity index is 262. The molecule has 0 bridgehead atoms. The molecule has 1 saturated heterocycles. The predicted octanol–water partition coefficient (Wildman–Crippen LogP) is 1.66. The SMILES string of the molecule is C[C@@H](NC[C@H]1CCCNC1)c1ccc[nH]1. The van der Waals surface area contributed by atoms with E-state index < -0.39 is 0 Å². The molecule has 0 spiro atoms. The molecule has 2 rings (SSSR count). The first kappa shape index (κ1) is 10.7. The lowest BCUT2D eigenvalue weighted by atomic mass is 9.99. The van der Waals surface area contributed by atoms with Gasteiger partial charge in [-0.25, -0.2) is 0 Å². The van der Waals surface area contributed by atoms with Crippen LogP contribution in [0.3, 0.4) is 0 Å². The third-order valence-electron chi connectivity index (χ3n) is 3.20. The number of nitrogens with one attached hydrogen (secondary N) is 3. The van der Waals surface area contributed by atoms with Gasteiger partial charge in [-0.05, 0) is 57.5 Å². The van der Waals surface area contributed by atoms with Crippen LogP contribution in [0.15, 0.2) is 18.3 Å². The highest BCUT2D eigenvalue weighted by molar-refractivity contribution is 5.07. The van der Waals surface area contributed by atoms with Gasteiger partial charge >= 0.3 is 0 Å². The Hall–Kier alpha value is -0.800. The van der Waals surface area contributed by atoms with Crippen LogP contribution in [-0.2, 0) is 0 Å². The lowest BCUT2D eigenvalue weighted by Gasteiger charge is -2.24. The van der Waals surface area contributed by atoms with Gasteiger partial charge in [-0.2, -0.15) is 0 Å². The van der Waals surface area contributed by atoms with Gasteiger partial charge in [0.15, 0.2) is 0 Å². The zero-order valence-corrected chi connectivity index (χ0v) is 9.42. The Morgan fingerprint density at radius 3 is 3.20 bits per heavy atom. The topological polar surface area (TPSA) is 39.8 Å². The third-order valence-corrected chi connectivity index (χ3v) is 3.20. The average molecular weight is 207 g/mol. The summed E-state index contributed by atoms with van der Waals surface area (Å²) >= 11 is 0. The minimum atomic E-state index is 0.432. The monoisotopic (exact) mass is 207 g/mol. The molecule has 1 aliphatic rings. The summed E-state index contributed by atoms with van der Waals surface area (Å²) in [6.07, 6.45) is 4.66. The summed E-state index contributed by atoms with van der Waals surface area (Å²) in [4.78, 5) is 3.25. The van der Waals surface area contributed by atoms with Gasteiger partial charge in [0.25, 0.3) is 0 Å². The fraction of sp³-hybridized carbons (Fsp3) is 0.667. The van der Waals surface area contributed by atoms with Gasteiger partial charge in [0, 0.05) is 17.9 Å². The van der Waals surface area contributed by atoms with Crippen LogP contribution in [0.2, 0.25) is 0 Å². The largest absolute Gasteiger partial charge is 0.364 e. The van der Waals surface area contributed by atoms with E-state index >= 15 is 0 Å². The molecule has 0 saturated carbocycles. The van der Waals surface area contributed by atoms with E-state index in [9.17, 15) is 0 Å². The van der Waals surface area contributed by atoms with Crippen molar-refractivity contribution in [2.45, 2.75) is 25.8 Å². The minimum absolute atomic E-state index is 0.432. The predicted molar refractivity (Wildman–Crippen MR) is 62.8 cm³/mol. The molecule has 0 radical (unpaired) electrons. The first-order chi connectivity index (χ1) is 7.36. The van der Waals surface area contributed by atoms with Gasteiger partial charge in [0.2, 0.25) is 0 Å². The van der Waals surface area contributed by atoms with E-state index in [1.165, 1.54) is 31.6 Å². The van der Waals surface area contributed by atoms with Crippen molar-refractivity contribution in [3.8, 4) is 0 Å². The van der Waals surface area contributed by atoms with E-state index in [1.54, 1.807) is 0 Å². The fourth-order valence-corrected chi connectivity index (χ4v) is 2.17. The Balaban J connectivity index is 1.73. The minimum Gasteiger partial charge on any atom is -0.364 e. The van der Waals surface area contributed by atoms with Gasteiger partial charge in [0.1, 0.15) is 0 Å². The Labute approximate surface area is 91.7 Å². The molecule has 0 amide bonds. The number of piperidine rings is 1. The Morgan fingerprint density at radius 2 is 2.53 bits per heavy atom. The molecule has 1 aliphatic heterocycles. The highest BCUT2D eigenvalue weighted by atomic mass is 15.0. The maximum atomic E-state index is 3.58. The summed E-state index contributed by atoms with van der Waals surface area (Å²) < 4.78 is 0. The lowest BCUT2D eigenvalue weighted by molar-refractivity contribution is 0.347. The number of hydrogen-bond donors (Lipinski definition) is 3. The molecule has 0 aromatic carbocycles. The first-order valence-electron chi connectivity index (χ1n) is 5.93. The van der Waals surface area contributed by atoms with Crippen molar-refractivity contribution < 1.29 is 0 Å². The van der Waals surface area contributed by atoms with Crippen LogP contribution in [0.1, 0.15) is 31.5 Å². The van der Waals surface area contributed by atoms with Gasteiger partial charge in [-0.1, -0.05) is 0 Å². The third kappa shape index (κ3) is 3.08. The molecule has 3 nitrogen and oxygen atoms in total. The maximum Gasteiger partial charge on any atom is 0.0444 e. The van der Waals surface area contributed by atoms with Crippen LogP contribution in [0.5, 0.6) is 0 Å². The summed E-state index contributed by atoms with van der Waals surface area (Å²) in [5.74, 6) is 0.802. The van der Waals surface area contributed by atoms with Crippen molar-refractivity contribution in [1.29, 1.82) is 0 Å². The Morgan fingerprint density at radius 1 is 1.60 bits per heavy atom. The second kappa shape index (κ2) is 5.33. The summed E-state index contributed by atoms with van der Waals surface area (Å²) in [5.41, 5.74) is 1.28. The number of hydrogen-bond acceptors (Lipinski definition) is 2. The smallest absolute Gasteiger partial charge is 0.0444 e. The second-order valence-corrected chi connectivity index (χ2v) is 4.47. The van der Waals surface area contributed by atoms with E-state index in [2.05, 4.69) is 34.7 Å². The van der Waals surface area contributed by atoms with Crippen molar-refractivity contribution in [3.05, 3.63) is 24.0 Å². The van der Waals surface area contributed by atoms with E-state index in [0.29, 0.717) is 6.04 Å². The molecule has 84 valence electrons. The summed E-state index contributed by atoms with van der Waals surface area (Å²) in [7, 11) is 0. The van der Waals surface area contributed by atoms with Crippen LogP contribution in [0.25, 0.3) is 0 Å². The lowest BCUT2D eigenvalue weighted by Crippen LogP contribution is -2.36. The molecule has 2 heterocycles. The average Bonchev–Trinajstić information content (AvgIpc) is 2.81. The zero-order valence-electron chi connectivity index (χ0n) is 9.42. The molecule has 15 heavy (non-hydrogen) atoms. The van der Waals surface area contributed by atoms with Gasteiger partial charge in [0.05, 0.1) is 0 Å². The van der Waals surface area contributed by atoms with Gasteiger partial charge < -0.3 is 15.6 Å². The zero-order chi connectivity index (χ0) is 10.5. The van der Waals surface area contributed by atoms with Crippen LogP contribution in [-0.4, -0.2) is 24.6 Å². The standard InChI is InChI=1S/C12H21N3/c1-10(12-5-3-7-14-12)15-9-11-4-2-6-13-8-11/h3,5,7,10-11,13-15H,2,4,6,8-9H2,1H3/t10-,11+/m1/s1. The maximum absolute atomic E-state index is 3.58. The number of aromatic nitrogens is 1. The van der Waals surface area contributed by atoms with Crippen LogP contribution in [0.4, 0.5) is 0 Å². The number of H-pyrrole nitrogens is 1. The van der Waals surface area contributed by atoms with Crippen molar-refractivity contribution in [3.63, 3.8) is 0 Å². The van der Waals surface area contributed by atoms with E-state index in [-0.39, 0.29) is 0 Å². The first-order valence-corrected chi connectivity index (χ1v) is 5.93. The molecule has 3 N–H and O–H groups in total. The molecule has 1 aromatic rings. The van der Waals surface area contributed by atoms with Crippen molar-refractivity contribution in [1.82, 2.24) is 15.6 Å². The molecular formula is C12H21N3. The molecule has 0 unspecified atom stereocenters. The molecule has 1 aromatic heterocycles. The van der Waals surface area contributed by atoms with E-state index in [0.717, 1.165) is 12.5 Å². The quantitative estimate of drug-likeness (QED) is 0.703. The van der Waals surface area contributed by atoms with Crippen molar-refractivity contribution >= 4 is 0 Å². The van der Waals surface area contributed by atoms with Crippen molar-refractivity contribution in [2.75, 3.05) is 19.6 Å².